The largest absolute Gasteiger partial charge is 0.497 e. The van der Waals surface area contributed by atoms with E-state index in [4.69, 9.17) is 9.47 Å². The summed E-state index contributed by atoms with van der Waals surface area (Å²) in [6.07, 6.45) is 5.94. The summed E-state index contributed by atoms with van der Waals surface area (Å²) in [5, 5.41) is 10.1. The molecule has 0 spiro atoms. The number of esters is 1. The Hall–Kier alpha value is -3.56. The second-order valence-electron chi connectivity index (χ2n) is 10.1. The lowest BCUT2D eigenvalue weighted by Gasteiger charge is -2.26. The van der Waals surface area contributed by atoms with Gasteiger partial charge in [0.05, 0.1) is 27.0 Å². The maximum atomic E-state index is 13.4. The van der Waals surface area contributed by atoms with Gasteiger partial charge >= 0.3 is 5.97 Å². The number of hydrogen-bond acceptors (Lipinski definition) is 7. The minimum absolute atomic E-state index is 0.194. The van der Waals surface area contributed by atoms with E-state index >= 15 is 0 Å². The third-order valence-electron chi connectivity index (χ3n) is 6.78. The fourth-order valence-corrected chi connectivity index (χ4v) is 4.82. The number of nitrogens with one attached hydrogen (secondary N) is 2. The van der Waals surface area contributed by atoms with E-state index in [0.29, 0.717) is 36.1 Å². The van der Waals surface area contributed by atoms with Crippen molar-refractivity contribution in [2.24, 2.45) is 11.8 Å². The normalized spacial score (nSPS) is 14.6. The molecule has 1 aromatic heterocycles. The molecule has 10 heteroatoms. The van der Waals surface area contributed by atoms with Crippen LogP contribution in [0.1, 0.15) is 62.9 Å². The molecule has 1 aliphatic carbocycles. The standard InChI is InChI=1S/C28H40N4O6/c1-18(2)17-32-24(21-14-20(36-3)11-12-25(21)37-4)15-23(31-32)28(35)30-22(13-19-9-7-6-8-10-19)27(34)29-16-26(33)38-5/h11-12,14-15,18-19,22H,6-10,13,16-17H2,1-5H3,(H,29,34)(H,30,35). The van der Waals surface area contributed by atoms with Gasteiger partial charge in [0.15, 0.2) is 5.69 Å². The van der Waals surface area contributed by atoms with Crippen LogP contribution in [0.5, 0.6) is 11.5 Å². The topological polar surface area (TPSA) is 121 Å². The summed E-state index contributed by atoms with van der Waals surface area (Å²) in [6.45, 7) is 4.46. The van der Waals surface area contributed by atoms with Gasteiger partial charge in [-0.2, -0.15) is 5.10 Å². The summed E-state index contributed by atoms with van der Waals surface area (Å²) in [5.74, 6) is 0.456. The quantitative estimate of drug-likeness (QED) is 0.404. The SMILES string of the molecule is COC(=O)CNC(=O)C(CC1CCCCC1)NC(=O)c1cc(-c2cc(OC)ccc2OC)n(CC(C)C)n1. The second kappa shape index (κ2) is 13.8. The van der Waals surface area contributed by atoms with Crippen molar-refractivity contribution < 1.29 is 28.6 Å². The van der Waals surface area contributed by atoms with Crippen molar-refractivity contribution in [1.29, 1.82) is 0 Å². The molecule has 1 unspecified atom stereocenters. The summed E-state index contributed by atoms with van der Waals surface area (Å²) < 4.78 is 17.4. The van der Waals surface area contributed by atoms with Gasteiger partial charge in [0.1, 0.15) is 24.1 Å². The Morgan fingerprint density at radius 3 is 2.42 bits per heavy atom. The first kappa shape index (κ1) is 29.0. The number of methoxy groups -OCH3 is 3. The van der Waals surface area contributed by atoms with Gasteiger partial charge in [-0.3, -0.25) is 19.1 Å². The highest BCUT2D eigenvalue weighted by Crippen LogP contribution is 2.34. The van der Waals surface area contributed by atoms with E-state index in [1.807, 2.05) is 18.2 Å². The van der Waals surface area contributed by atoms with Crippen LogP contribution >= 0.6 is 0 Å². The molecule has 1 aliphatic rings. The molecule has 0 bridgehead atoms. The van der Waals surface area contributed by atoms with Crippen LogP contribution in [0.15, 0.2) is 24.3 Å². The van der Waals surface area contributed by atoms with Crippen molar-refractivity contribution in [1.82, 2.24) is 20.4 Å². The highest BCUT2D eigenvalue weighted by molar-refractivity contribution is 5.97. The molecule has 38 heavy (non-hydrogen) atoms. The highest BCUT2D eigenvalue weighted by atomic mass is 16.5. The molecule has 0 saturated heterocycles. The van der Waals surface area contributed by atoms with Crippen molar-refractivity contribution >= 4 is 17.8 Å². The van der Waals surface area contributed by atoms with Crippen LogP contribution in [0.2, 0.25) is 0 Å². The van der Waals surface area contributed by atoms with Crippen LogP contribution in [0.3, 0.4) is 0 Å². The Morgan fingerprint density at radius 1 is 1.05 bits per heavy atom. The van der Waals surface area contributed by atoms with Crippen LogP contribution in [0.25, 0.3) is 11.3 Å². The smallest absolute Gasteiger partial charge is 0.325 e. The zero-order chi connectivity index (χ0) is 27.7. The zero-order valence-corrected chi connectivity index (χ0v) is 23.0. The van der Waals surface area contributed by atoms with E-state index < -0.39 is 23.8 Å². The van der Waals surface area contributed by atoms with Crippen LogP contribution in [-0.4, -0.2) is 61.5 Å². The molecule has 1 fully saturated rings. The Labute approximate surface area is 224 Å². The molecule has 1 aromatic carbocycles. The van der Waals surface area contributed by atoms with Crippen molar-refractivity contribution in [2.45, 2.75) is 65.0 Å². The third kappa shape index (κ3) is 7.72. The van der Waals surface area contributed by atoms with Crippen molar-refractivity contribution in [3.8, 4) is 22.8 Å². The molecule has 3 rings (SSSR count). The fourth-order valence-electron chi connectivity index (χ4n) is 4.82. The van der Waals surface area contributed by atoms with E-state index in [-0.39, 0.29) is 18.2 Å². The minimum Gasteiger partial charge on any atom is -0.497 e. The first-order valence-corrected chi connectivity index (χ1v) is 13.2. The van der Waals surface area contributed by atoms with E-state index in [1.54, 1.807) is 25.0 Å². The lowest BCUT2D eigenvalue weighted by Crippen LogP contribution is -2.49. The van der Waals surface area contributed by atoms with Gasteiger partial charge in [-0.25, -0.2) is 0 Å². The maximum Gasteiger partial charge on any atom is 0.325 e. The van der Waals surface area contributed by atoms with Gasteiger partial charge in [0.2, 0.25) is 5.91 Å². The van der Waals surface area contributed by atoms with Crippen LogP contribution in [0.4, 0.5) is 0 Å². The summed E-state index contributed by atoms with van der Waals surface area (Å²) in [6, 6.07) is 6.38. The first-order valence-electron chi connectivity index (χ1n) is 13.2. The molecule has 0 aliphatic heterocycles. The molecule has 10 nitrogen and oxygen atoms in total. The zero-order valence-electron chi connectivity index (χ0n) is 23.0. The van der Waals surface area contributed by atoms with Gasteiger partial charge in [0, 0.05) is 12.1 Å². The lowest BCUT2D eigenvalue weighted by atomic mass is 9.84. The van der Waals surface area contributed by atoms with Crippen LogP contribution in [-0.2, 0) is 20.9 Å². The molecular weight excluding hydrogens is 488 g/mol. The molecule has 1 saturated carbocycles. The summed E-state index contributed by atoms with van der Waals surface area (Å²) in [5.41, 5.74) is 1.65. The molecule has 1 atom stereocenters. The molecule has 208 valence electrons. The number of aromatic nitrogens is 2. The Bertz CT molecular complexity index is 1110. The molecule has 2 amide bonds. The van der Waals surface area contributed by atoms with Crippen molar-refractivity contribution in [3.63, 3.8) is 0 Å². The molecule has 2 N–H and O–H groups in total. The Morgan fingerprint density at radius 2 is 1.79 bits per heavy atom. The van der Waals surface area contributed by atoms with E-state index in [9.17, 15) is 14.4 Å². The molecule has 2 aromatic rings. The summed E-state index contributed by atoms with van der Waals surface area (Å²) in [7, 11) is 4.44. The van der Waals surface area contributed by atoms with E-state index in [1.165, 1.54) is 13.5 Å². The Balaban J connectivity index is 1.89. The number of amides is 2. The predicted molar refractivity (Wildman–Crippen MR) is 143 cm³/mol. The maximum absolute atomic E-state index is 13.4. The summed E-state index contributed by atoms with van der Waals surface area (Å²) in [4.78, 5) is 38.0. The van der Waals surface area contributed by atoms with Gasteiger partial charge in [-0.15, -0.1) is 0 Å². The van der Waals surface area contributed by atoms with E-state index in [2.05, 4.69) is 34.3 Å². The van der Waals surface area contributed by atoms with Crippen molar-refractivity contribution in [2.75, 3.05) is 27.9 Å². The van der Waals surface area contributed by atoms with Crippen LogP contribution in [0, 0.1) is 11.8 Å². The van der Waals surface area contributed by atoms with Gasteiger partial charge < -0.3 is 24.8 Å². The molecule has 1 heterocycles. The average Bonchev–Trinajstić information content (AvgIpc) is 3.34. The molecule has 0 radical (unpaired) electrons. The number of hydrogen-bond donors (Lipinski definition) is 2. The lowest BCUT2D eigenvalue weighted by molar-refractivity contribution is -0.141. The number of nitrogens with zero attached hydrogens (tertiary/aromatic N) is 2. The van der Waals surface area contributed by atoms with Gasteiger partial charge in [-0.1, -0.05) is 46.0 Å². The monoisotopic (exact) mass is 528 g/mol. The molecular formula is C28H40N4O6. The highest BCUT2D eigenvalue weighted by Gasteiger charge is 2.28. The second-order valence-corrected chi connectivity index (χ2v) is 10.1. The van der Waals surface area contributed by atoms with Gasteiger partial charge in [-0.05, 0) is 42.5 Å². The number of benzene rings is 1. The van der Waals surface area contributed by atoms with E-state index in [0.717, 1.165) is 31.2 Å². The third-order valence-corrected chi connectivity index (χ3v) is 6.78. The van der Waals surface area contributed by atoms with Crippen LogP contribution < -0.4 is 20.1 Å². The average molecular weight is 529 g/mol. The summed E-state index contributed by atoms with van der Waals surface area (Å²) >= 11 is 0. The number of ether oxygens (including phenoxy) is 3. The number of carbonyl (C=O) groups is 3. The minimum atomic E-state index is -0.791. The Kier molecular flexibility index (Phi) is 10.6. The van der Waals surface area contributed by atoms with Gasteiger partial charge in [0.25, 0.3) is 5.91 Å². The number of carbonyl (C=O) groups excluding carboxylic acids is 3. The predicted octanol–water partition coefficient (Wildman–Crippen LogP) is 3.58. The first-order chi connectivity index (χ1) is 18.2. The number of rotatable bonds is 12. The van der Waals surface area contributed by atoms with Crippen molar-refractivity contribution in [3.05, 3.63) is 30.0 Å². The fraction of sp³-hybridized carbons (Fsp3) is 0.571.